The number of methoxy groups -OCH3 is 1. The largest absolute Gasteiger partial charge is 0.383 e. The van der Waals surface area contributed by atoms with Gasteiger partial charge in [-0.25, -0.2) is 0 Å². The monoisotopic (exact) mass is 295 g/mol. The molecule has 7 heteroatoms. The van der Waals surface area contributed by atoms with Crippen LogP contribution in [0.3, 0.4) is 0 Å². The summed E-state index contributed by atoms with van der Waals surface area (Å²) in [6.45, 7) is 2.27. The van der Waals surface area contributed by atoms with Crippen LogP contribution in [0, 0.1) is 0 Å². The van der Waals surface area contributed by atoms with Crippen molar-refractivity contribution in [3.05, 3.63) is 29.8 Å². The van der Waals surface area contributed by atoms with Gasteiger partial charge in [-0.2, -0.15) is 0 Å². The Hall–Kier alpha value is -1.99. The van der Waals surface area contributed by atoms with Crippen LogP contribution in [0.4, 0.5) is 5.69 Å². The molecule has 1 aromatic rings. The third-order valence-corrected chi connectivity index (χ3v) is 2.47. The Labute approximate surface area is 122 Å². The fraction of sp³-hybridized carbons (Fsp3) is 0.308. The maximum absolute atomic E-state index is 11.8. The van der Waals surface area contributed by atoms with Gasteiger partial charge in [0.25, 0.3) is 5.91 Å². The van der Waals surface area contributed by atoms with Gasteiger partial charge < -0.3 is 20.7 Å². The molecule has 2 amide bonds. The van der Waals surface area contributed by atoms with Gasteiger partial charge in [-0.05, 0) is 30.4 Å². The van der Waals surface area contributed by atoms with Crippen LogP contribution in [0.1, 0.15) is 17.3 Å². The summed E-state index contributed by atoms with van der Waals surface area (Å²) in [7, 11) is 1.57. The van der Waals surface area contributed by atoms with E-state index in [9.17, 15) is 9.59 Å². The van der Waals surface area contributed by atoms with Crippen LogP contribution < -0.4 is 16.0 Å². The first-order chi connectivity index (χ1) is 9.52. The molecular formula is C13H17N3O3S. The van der Waals surface area contributed by atoms with Crippen LogP contribution in [0.5, 0.6) is 0 Å². The summed E-state index contributed by atoms with van der Waals surface area (Å²) in [5.74, 6) is -0.452. The topological polar surface area (TPSA) is 79.5 Å². The van der Waals surface area contributed by atoms with Gasteiger partial charge in [-0.3, -0.25) is 9.59 Å². The third kappa shape index (κ3) is 5.77. The standard InChI is InChI=1S/C13H17N3O3S/c1-9(17)15-13(20)16-11-5-3-4-10(8-11)12(18)14-6-7-19-2/h3-5,8H,6-7H2,1-2H3,(H,14,18)(H2,15,16,17,20). The van der Waals surface area contributed by atoms with Crippen molar-refractivity contribution in [2.75, 3.05) is 25.6 Å². The minimum absolute atomic E-state index is 0.189. The van der Waals surface area contributed by atoms with Gasteiger partial charge in [-0.1, -0.05) is 6.07 Å². The third-order valence-electron chi connectivity index (χ3n) is 2.26. The van der Waals surface area contributed by atoms with Gasteiger partial charge in [0.1, 0.15) is 0 Å². The average Bonchev–Trinajstić information content (AvgIpc) is 2.38. The van der Waals surface area contributed by atoms with E-state index in [1.807, 2.05) is 0 Å². The Morgan fingerprint density at radius 3 is 2.75 bits per heavy atom. The Morgan fingerprint density at radius 2 is 2.10 bits per heavy atom. The SMILES string of the molecule is COCCNC(=O)c1cccc(NC(=S)NC(C)=O)c1. The quantitative estimate of drug-likeness (QED) is 0.555. The van der Waals surface area contributed by atoms with Crippen LogP contribution >= 0.6 is 12.2 Å². The number of ether oxygens (including phenoxy) is 1. The summed E-state index contributed by atoms with van der Waals surface area (Å²) in [5, 5.41) is 8.18. The summed E-state index contributed by atoms with van der Waals surface area (Å²) < 4.78 is 4.86. The molecule has 0 radical (unpaired) electrons. The van der Waals surface area contributed by atoms with Crippen molar-refractivity contribution in [1.29, 1.82) is 0 Å². The number of rotatable bonds is 5. The molecule has 6 nitrogen and oxygen atoms in total. The normalized spacial score (nSPS) is 9.70. The van der Waals surface area contributed by atoms with E-state index in [-0.39, 0.29) is 16.9 Å². The first-order valence-electron chi connectivity index (χ1n) is 5.98. The molecule has 108 valence electrons. The Kier molecular flexibility index (Phi) is 6.61. The number of anilines is 1. The molecule has 0 fully saturated rings. The van der Waals surface area contributed by atoms with E-state index < -0.39 is 0 Å². The zero-order valence-corrected chi connectivity index (χ0v) is 12.2. The molecule has 0 saturated carbocycles. The van der Waals surface area contributed by atoms with Crippen LogP contribution in [-0.2, 0) is 9.53 Å². The smallest absolute Gasteiger partial charge is 0.251 e. The highest BCUT2D eigenvalue weighted by Crippen LogP contribution is 2.10. The van der Waals surface area contributed by atoms with E-state index >= 15 is 0 Å². The predicted octanol–water partition coefficient (Wildman–Crippen LogP) is 0.896. The predicted molar refractivity (Wildman–Crippen MR) is 80.7 cm³/mol. The molecule has 0 bridgehead atoms. The van der Waals surface area contributed by atoms with Gasteiger partial charge in [0.2, 0.25) is 5.91 Å². The van der Waals surface area contributed by atoms with Crippen molar-refractivity contribution in [1.82, 2.24) is 10.6 Å². The first kappa shape index (κ1) is 16.1. The number of nitrogens with one attached hydrogen (secondary N) is 3. The van der Waals surface area contributed by atoms with E-state index in [1.165, 1.54) is 6.92 Å². The minimum Gasteiger partial charge on any atom is -0.383 e. The van der Waals surface area contributed by atoms with Gasteiger partial charge in [0, 0.05) is 31.8 Å². The van der Waals surface area contributed by atoms with Crippen LogP contribution in [0.2, 0.25) is 0 Å². The zero-order valence-electron chi connectivity index (χ0n) is 11.4. The molecule has 0 spiro atoms. The fourth-order valence-electron chi connectivity index (χ4n) is 1.43. The molecule has 1 rings (SSSR count). The second kappa shape index (κ2) is 8.23. The average molecular weight is 295 g/mol. The summed E-state index contributed by atoms with van der Waals surface area (Å²) >= 11 is 4.95. The number of thiocarbonyl (C=S) groups is 1. The zero-order chi connectivity index (χ0) is 15.0. The van der Waals surface area contributed by atoms with Crippen molar-refractivity contribution < 1.29 is 14.3 Å². The molecule has 3 N–H and O–H groups in total. The maximum Gasteiger partial charge on any atom is 0.251 e. The fourth-order valence-corrected chi connectivity index (χ4v) is 1.69. The van der Waals surface area contributed by atoms with E-state index in [2.05, 4.69) is 16.0 Å². The summed E-state index contributed by atoms with van der Waals surface area (Å²) in [5.41, 5.74) is 1.12. The van der Waals surface area contributed by atoms with Crippen molar-refractivity contribution >= 4 is 34.8 Å². The molecule has 0 unspecified atom stereocenters. The van der Waals surface area contributed by atoms with Crippen LogP contribution in [0.15, 0.2) is 24.3 Å². The minimum atomic E-state index is -0.254. The highest BCUT2D eigenvalue weighted by molar-refractivity contribution is 7.80. The highest BCUT2D eigenvalue weighted by Gasteiger charge is 2.06. The number of carbonyl (C=O) groups excluding carboxylic acids is 2. The molecule has 0 aromatic heterocycles. The van der Waals surface area contributed by atoms with Gasteiger partial charge in [0.15, 0.2) is 5.11 Å². The van der Waals surface area contributed by atoms with Gasteiger partial charge in [-0.15, -0.1) is 0 Å². The van der Waals surface area contributed by atoms with Crippen LogP contribution in [0.25, 0.3) is 0 Å². The first-order valence-corrected chi connectivity index (χ1v) is 6.39. The molecule has 0 aliphatic heterocycles. The number of amides is 2. The molecule has 0 aliphatic carbocycles. The number of hydrogen-bond donors (Lipinski definition) is 3. The highest BCUT2D eigenvalue weighted by atomic mass is 32.1. The van der Waals surface area contributed by atoms with E-state index in [0.717, 1.165) is 0 Å². The van der Waals surface area contributed by atoms with Crippen molar-refractivity contribution in [2.45, 2.75) is 6.92 Å². The van der Waals surface area contributed by atoms with Crippen molar-refractivity contribution in [2.24, 2.45) is 0 Å². The summed E-state index contributed by atoms with van der Waals surface area (Å²) in [6, 6.07) is 6.81. The number of benzene rings is 1. The Balaban J connectivity index is 2.63. The Bertz CT molecular complexity index is 505. The lowest BCUT2D eigenvalue weighted by Gasteiger charge is -2.09. The molecule has 0 heterocycles. The van der Waals surface area contributed by atoms with Gasteiger partial charge >= 0.3 is 0 Å². The molecular weight excluding hydrogens is 278 g/mol. The molecule has 0 atom stereocenters. The van der Waals surface area contributed by atoms with Crippen LogP contribution in [-0.4, -0.2) is 37.2 Å². The van der Waals surface area contributed by atoms with Crippen molar-refractivity contribution in [3.63, 3.8) is 0 Å². The van der Waals surface area contributed by atoms with Crippen molar-refractivity contribution in [3.8, 4) is 0 Å². The maximum atomic E-state index is 11.8. The summed E-state index contributed by atoms with van der Waals surface area (Å²) in [4.78, 5) is 22.7. The summed E-state index contributed by atoms with van der Waals surface area (Å²) in [6.07, 6.45) is 0. The number of carbonyl (C=O) groups is 2. The van der Waals surface area contributed by atoms with E-state index in [4.69, 9.17) is 17.0 Å². The lowest BCUT2D eigenvalue weighted by Crippen LogP contribution is -2.32. The lowest BCUT2D eigenvalue weighted by atomic mass is 10.2. The second-order valence-corrected chi connectivity index (χ2v) is 4.37. The van der Waals surface area contributed by atoms with E-state index in [1.54, 1.807) is 31.4 Å². The molecule has 20 heavy (non-hydrogen) atoms. The molecule has 0 aliphatic rings. The molecule has 1 aromatic carbocycles. The number of hydrogen-bond acceptors (Lipinski definition) is 4. The lowest BCUT2D eigenvalue weighted by molar-refractivity contribution is -0.117. The van der Waals surface area contributed by atoms with Gasteiger partial charge in [0.05, 0.1) is 6.61 Å². The Morgan fingerprint density at radius 1 is 1.35 bits per heavy atom. The second-order valence-electron chi connectivity index (χ2n) is 3.96. The molecule has 0 saturated heterocycles. The van der Waals surface area contributed by atoms with E-state index in [0.29, 0.717) is 24.4 Å².